The van der Waals surface area contributed by atoms with Gasteiger partial charge in [-0.3, -0.25) is 4.79 Å². The normalized spacial score (nSPS) is 16.2. The van der Waals surface area contributed by atoms with Crippen molar-refractivity contribution in [3.63, 3.8) is 0 Å². The zero-order chi connectivity index (χ0) is 20.4. The predicted octanol–water partition coefficient (Wildman–Crippen LogP) is 3.71. The van der Waals surface area contributed by atoms with Crippen molar-refractivity contribution in [1.29, 1.82) is 0 Å². The van der Waals surface area contributed by atoms with Crippen LogP contribution in [0.15, 0.2) is 56.7 Å². The summed E-state index contributed by atoms with van der Waals surface area (Å²) in [6, 6.07) is 12.6. The topological polar surface area (TPSA) is 72.5 Å². The van der Waals surface area contributed by atoms with Gasteiger partial charge in [-0.15, -0.1) is 0 Å². The molecule has 0 spiro atoms. The summed E-state index contributed by atoms with van der Waals surface area (Å²) in [7, 11) is -3.60. The number of nitrogens with zero attached hydrogens (tertiary/aromatic N) is 2. The van der Waals surface area contributed by atoms with E-state index in [0.29, 0.717) is 37.0 Å². The minimum absolute atomic E-state index is 0.163. The Labute approximate surface area is 170 Å². The van der Waals surface area contributed by atoms with E-state index in [9.17, 15) is 13.2 Å². The van der Waals surface area contributed by atoms with Gasteiger partial charge < -0.3 is 4.52 Å². The summed E-state index contributed by atoms with van der Waals surface area (Å²) in [6.45, 7) is 3.52. The highest BCUT2D eigenvalue weighted by molar-refractivity contribution is 7.89. The lowest BCUT2D eigenvalue weighted by Gasteiger charge is -2.19. The molecule has 7 heteroatoms. The van der Waals surface area contributed by atoms with Gasteiger partial charge in [0.25, 0.3) is 5.56 Å². The number of rotatable bonds is 5. The molecular weight excluding hydrogens is 388 g/mol. The molecule has 0 radical (unpaired) electrons. The van der Waals surface area contributed by atoms with Crippen LogP contribution >= 0.6 is 0 Å². The molecule has 1 fully saturated rings. The maximum absolute atomic E-state index is 13.0. The van der Waals surface area contributed by atoms with Crippen LogP contribution < -0.4 is 5.56 Å². The third-order valence-corrected chi connectivity index (χ3v) is 7.56. The number of benzene rings is 2. The lowest BCUT2D eigenvalue weighted by Crippen LogP contribution is -2.32. The van der Waals surface area contributed by atoms with Gasteiger partial charge in [0.2, 0.25) is 10.0 Å². The van der Waals surface area contributed by atoms with Crippen molar-refractivity contribution in [2.45, 2.75) is 50.5 Å². The predicted molar refractivity (Wildman–Crippen MR) is 113 cm³/mol. The van der Waals surface area contributed by atoms with Crippen molar-refractivity contribution >= 4 is 21.0 Å². The molecule has 0 atom stereocenters. The van der Waals surface area contributed by atoms with Gasteiger partial charge >= 0.3 is 0 Å². The number of aryl methyl sites for hydroxylation is 3. The summed E-state index contributed by atoms with van der Waals surface area (Å²) in [5.74, 6) is 0. The van der Waals surface area contributed by atoms with Gasteiger partial charge in [-0.2, -0.15) is 9.05 Å². The molecule has 1 aromatic heterocycles. The maximum atomic E-state index is 13.0. The fraction of sp³-hybridized carbons (Fsp3) is 0.409. The van der Waals surface area contributed by atoms with Crippen LogP contribution in [-0.4, -0.2) is 30.6 Å². The first-order chi connectivity index (χ1) is 14.0. The molecule has 0 aliphatic carbocycles. The minimum Gasteiger partial charge on any atom is -0.376 e. The molecule has 0 N–H and O–H groups in total. The Morgan fingerprint density at radius 1 is 1.00 bits per heavy atom. The van der Waals surface area contributed by atoms with Crippen LogP contribution in [0.5, 0.6) is 0 Å². The van der Waals surface area contributed by atoms with E-state index in [-0.39, 0.29) is 10.5 Å². The molecule has 0 bridgehead atoms. The highest BCUT2D eigenvalue weighted by Crippen LogP contribution is 2.23. The third-order valence-electron chi connectivity index (χ3n) is 5.66. The van der Waals surface area contributed by atoms with E-state index in [1.807, 2.05) is 31.2 Å². The van der Waals surface area contributed by atoms with Gasteiger partial charge in [0.1, 0.15) is 0 Å². The Balaban J connectivity index is 1.62. The Bertz CT molecular complexity index is 1170. The van der Waals surface area contributed by atoms with Crippen LogP contribution in [0, 0.1) is 6.92 Å². The van der Waals surface area contributed by atoms with E-state index in [1.54, 1.807) is 6.07 Å². The fourth-order valence-corrected chi connectivity index (χ4v) is 5.45. The van der Waals surface area contributed by atoms with E-state index in [0.717, 1.165) is 31.2 Å². The molecule has 1 aliphatic heterocycles. The molecular formula is C22H26N2O4S. The van der Waals surface area contributed by atoms with E-state index in [1.165, 1.54) is 26.7 Å². The zero-order valence-corrected chi connectivity index (χ0v) is 17.5. The summed E-state index contributed by atoms with van der Waals surface area (Å²) < 4.78 is 34.6. The van der Waals surface area contributed by atoms with Crippen molar-refractivity contribution < 1.29 is 12.9 Å². The van der Waals surface area contributed by atoms with Gasteiger partial charge in [0.05, 0.1) is 16.8 Å². The van der Waals surface area contributed by atoms with Gasteiger partial charge in [0.15, 0.2) is 5.58 Å². The maximum Gasteiger partial charge on any atom is 0.290 e. The minimum atomic E-state index is -3.60. The monoisotopic (exact) mass is 414 g/mol. The number of hydrogen-bond donors (Lipinski definition) is 0. The SMILES string of the molecule is Cc1ccccc1CCn1oc2ccc(S(=O)(=O)N3CCCCCC3)cc2c1=O. The molecule has 0 unspecified atom stereocenters. The van der Waals surface area contributed by atoms with Crippen LogP contribution in [0.2, 0.25) is 0 Å². The molecule has 154 valence electrons. The quantitative estimate of drug-likeness (QED) is 0.638. The van der Waals surface area contributed by atoms with Crippen LogP contribution in [-0.2, 0) is 23.0 Å². The van der Waals surface area contributed by atoms with Crippen LogP contribution in [0.25, 0.3) is 11.0 Å². The fourth-order valence-electron chi connectivity index (χ4n) is 3.90. The van der Waals surface area contributed by atoms with Gasteiger partial charge in [-0.25, -0.2) is 8.42 Å². The molecule has 1 saturated heterocycles. The molecule has 4 rings (SSSR count). The average Bonchev–Trinajstić information content (AvgIpc) is 2.89. The van der Waals surface area contributed by atoms with E-state index in [4.69, 9.17) is 4.52 Å². The van der Waals surface area contributed by atoms with Crippen molar-refractivity contribution in [3.05, 3.63) is 63.9 Å². The third kappa shape index (κ3) is 4.02. The first kappa shape index (κ1) is 19.9. The molecule has 2 aromatic carbocycles. The zero-order valence-electron chi connectivity index (χ0n) is 16.6. The Morgan fingerprint density at radius 2 is 1.72 bits per heavy atom. The number of sulfonamides is 1. The summed E-state index contributed by atoms with van der Waals surface area (Å²) in [6.07, 6.45) is 4.53. The van der Waals surface area contributed by atoms with E-state index in [2.05, 4.69) is 0 Å². The molecule has 3 aromatic rings. The van der Waals surface area contributed by atoms with Crippen molar-refractivity contribution in [2.24, 2.45) is 0 Å². The van der Waals surface area contributed by atoms with Crippen LogP contribution in [0.1, 0.15) is 36.8 Å². The summed E-state index contributed by atoms with van der Waals surface area (Å²) >= 11 is 0. The molecule has 29 heavy (non-hydrogen) atoms. The molecule has 2 heterocycles. The van der Waals surface area contributed by atoms with Crippen molar-refractivity contribution in [2.75, 3.05) is 13.1 Å². The number of aromatic nitrogens is 1. The first-order valence-corrected chi connectivity index (χ1v) is 11.6. The second-order valence-electron chi connectivity index (χ2n) is 7.65. The molecule has 1 aliphatic rings. The van der Waals surface area contributed by atoms with Gasteiger partial charge in [0, 0.05) is 13.1 Å². The second kappa shape index (κ2) is 8.16. The number of hydrogen-bond acceptors (Lipinski definition) is 4. The van der Waals surface area contributed by atoms with Crippen LogP contribution in [0.4, 0.5) is 0 Å². The summed E-state index contributed by atoms with van der Waals surface area (Å²) in [4.78, 5) is 13.0. The Hall–Kier alpha value is -2.38. The van der Waals surface area contributed by atoms with Gasteiger partial charge in [-0.1, -0.05) is 37.1 Å². The molecule has 6 nitrogen and oxygen atoms in total. The van der Waals surface area contributed by atoms with Crippen LogP contribution in [0.3, 0.4) is 0 Å². The lowest BCUT2D eigenvalue weighted by atomic mass is 10.1. The van der Waals surface area contributed by atoms with Gasteiger partial charge in [-0.05, 0) is 55.5 Å². The second-order valence-corrected chi connectivity index (χ2v) is 9.59. The largest absolute Gasteiger partial charge is 0.376 e. The van der Waals surface area contributed by atoms with E-state index >= 15 is 0 Å². The lowest BCUT2D eigenvalue weighted by molar-refractivity contribution is 0.283. The highest BCUT2D eigenvalue weighted by atomic mass is 32.2. The van der Waals surface area contributed by atoms with E-state index < -0.39 is 10.0 Å². The van der Waals surface area contributed by atoms with Crippen molar-refractivity contribution in [1.82, 2.24) is 9.05 Å². The highest BCUT2D eigenvalue weighted by Gasteiger charge is 2.26. The standard InChI is InChI=1S/C22H26N2O4S/c1-17-8-4-5-9-18(17)12-15-24-22(25)20-16-19(10-11-21(20)28-24)29(26,27)23-13-6-2-3-7-14-23/h4-5,8-11,16H,2-3,6-7,12-15H2,1H3. The smallest absolute Gasteiger partial charge is 0.290 e. The summed E-state index contributed by atoms with van der Waals surface area (Å²) in [5, 5.41) is 0.311. The molecule has 0 amide bonds. The average molecular weight is 415 g/mol. The molecule has 0 saturated carbocycles. The summed E-state index contributed by atoms with van der Waals surface area (Å²) in [5.41, 5.74) is 2.45. The first-order valence-electron chi connectivity index (χ1n) is 10.2. The Kier molecular flexibility index (Phi) is 5.61. The number of fused-ring (bicyclic) bond motifs is 1. The Morgan fingerprint density at radius 3 is 2.45 bits per heavy atom. The van der Waals surface area contributed by atoms with Crippen molar-refractivity contribution in [3.8, 4) is 0 Å².